The molecule has 0 spiro atoms. The second kappa shape index (κ2) is 5.14. The van der Waals surface area contributed by atoms with Crippen LogP contribution in [-0.4, -0.2) is 9.55 Å². The first-order valence-corrected chi connectivity index (χ1v) is 6.85. The molecule has 4 heteroatoms. The molecule has 0 aliphatic heterocycles. The van der Waals surface area contributed by atoms with Crippen molar-refractivity contribution < 1.29 is 0 Å². The third kappa shape index (κ3) is 2.75. The Hall–Kier alpha value is -1.29. The van der Waals surface area contributed by atoms with Gasteiger partial charge in [0.1, 0.15) is 0 Å². The fraction of sp³-hybridized carbons (Fsp3) is 0.357. The van der Waals surface area contributed by atoms with E-state index in [0.29, 0.717) is 6.04 Å². The Morgan fingerprint density at radius 2 is 2.00 bits per heavy atom. The van der Waals surface area contributed by atoms with Crippen LogP contribution >= 0.6 is 15.9 Å². The molecule has 96 valence electrons. The van der Waals surface area contributed by atoms with Crippen molar-refractivity contribution in [2.75, 3.05) is 5.32 Å². The van der Waals surface area contributed by atoms with E-state index in [1.165, 1.54) is 5.56 Å². The summed E-state index contributed by atoms with van der Waals surface area (Å²) < 4.78 is 3.21. The van der Waals surface area contributed by atoms with Crippen molar-refractivity contribution in [2.24, 2.45) is 0 Å². The zero-order chi connectivity index (χ0) is 13.3. The monoisotopic (exact) mass is 307 g/mol. The molecule has 2 aromatic rings. The number of hydrogen-bond acceptors (Lipinski definition) is 2. The van der Waals surface area contributed by atoms with Crippen LogP contribution in [0.4, 0.5) is 11.6 Å². The first-order chi connectivity index (χ1) is 8.47. The fourth-order valence-electron chi connectivity index (χ4n) is 1.85. The Kier molecular flexibility index (Phi) is 3.76. The van der Waals surface area contributed by atoms with Gasteiger partial charge in [0, 0.05) is 22.4 Å². The second-order valence-electron chi connectivity index (χ2n) is 4.79. The summed E-state index contributed by atoms with van der Waals surface area (Å²) in [4.78, 5) is 4.53. The van der Waals surface area contributed by atoms with Gasteiger partial charge in [-0.1, -0.05) is 22.0 Å². The number of rotatable bonds is 3. The van der Waals surface area contributed by atoms with Crippen molar-refractivity contribution in [1.82, 2.24) is 9.55 Å². The molecule has 0 radical (unpaired) electrons. The van der Waals surface area contributed by atoms with Gasteiger partial charge in [0.25, 0.3) is 0 Å². The molecular formula is C14H18BrN3. The van der Waals surface area contributed by atoms with Gasteiger partial charge in [-0.3, -0.25) is 0 Å². The third-order valence-electron chi connectivity index (χ3n) is 2.86. The van der Waals surface area contributed by atoms with Crippen molar-refractivity contribution >= 4 is 27.6 Å². The van der Waals surface area contributed by atoms with Crippen molar-refractivity contribution in [3.63, 3.8) is 0 Å². The first-order valence-electron chi connectivity index (χ1n) is 6.06. The Labute approximate surface area is 116 Å². The van der Waals surface area contributed by atoms with Crippen LogP contribution < -0.4 is 5.32 Å². The Balaban J connectivity index is 2.36. The number of aromatic nitrogens is 2. The summed E-state index contributed by atoms with van der Waals surface area (Å²) in [6.45, 7) is 8.41. The average molecular weight is 308 g/mol. The van der Waals surface area contributed by atoms with Gasteiger partial charge in [-0.05, 0) is 45.4 Å². The van der Waals surface area contributed by atoms with Gasteiger partial charge in [-0.25, -0.2) is 4.98 Å². The lowest BCUT2D eigenvalue weighted by Gasteiger charge is -2.14. The van der Waals surface area contributed by atoms with Crippen LogP contribution in [0.2, 0.25) is 0 Å². The highest BCUT2D eigenvalue weighted by atomic mass is 79.9. The summed E-state index contributed by atoms with van der Waals surface area (Å²) in [7, 11) is 0. The smallest absolute Gasteiger partial charge is 0.207 e. The molecule has 18 heavy (non-hydrogen) atoms. The number of halogens is 1. The normalized spacial score (nSPS) is 11.0. The SMILES string of the molecule is Cc1cn(C(C)C)c(Nc2cc(Br)ccc2C)n1. The van der Waals surface area contributed by atoms with E-state index in [1.807, 2.05) is 13.0 Å². The number of aryl methyl sites for hydroxylation is 2. The van der Waals surface area contributed by atoms with E-state index in [-0.39, 0.29) is 0 Å². The Morgan fingerprint density at radius 3 is 2.67 bits per heavy atom. The molecule has 0 amide bonds. The number of anilines is 2. The molecule has 0 aliphatic carbocycles. The van der Waals surface area contributed by atoms with Crippen LogP contribution in [0.3, 0.4) is 0 Å². The van der Waals surface area contributed by atoms with E-state index < -0.39 is 0 Å². The predicted molar refractivity (Wildman–Crippen MR) is 79.5 cm³/mol. The lowest BCUT2D eigenvalue weighted by molar-refractivity contribution is 0.607. The van der Waals surface area contributed by atoms with Gasteiger partial charge in [0.05, 0.1) is 5.69 Å². The van der Waals surface area contributed by atoms with Crippen LogP contribution in [0.15, 0.2) is 28.9 Å². The molecule has 0 fully saturated rings. The molecule has 1 aromatic carbocycles. The van der Waals surface area contributed by atoms with E-state index in [9.17, 15) is 0 Å². The second-order valence-corrected chi connectivity index (χ2v) is 5.71. The lowest BCUT2D eigenvalue weighted by atomic mass is 10.2. The maximum absolute atomic E-state index is 4.53. The van der Waals surface area contributed by atoms with Crippen LogP contribution in [0.1, 0.15) is 31.1 Å². The minimum atomic E-state index is 0.390. The topological polar surface area (TPSA) is 29.9 Å². The highest BCUT2D eigenvalue weighted by Crippen LogP contribution is 2.25. The van der Waals surface area contributed by atoms with Crippen molar-refractivity contribution in [1.29, 1.82) is 0 Å². The molecule has 1 aromatic heterocycles. The molecule has 0 saturated carbocycles. The van der Waals surface area contributed by atoms with Gasteiger partial charge in [-0.2, -0.15) is 0 Å². The summed E-state index contributed by atoms with van der Waals surface area (Å²) >= 11 is 3.50. The van der Waals surface area contributed by atoms with Crippen molar-refractivity contribution in [3.8, 4) is 0 Å². The van der Waals surface area contributed by atoms with Crippen LogP contribution in [-0.2, 0) is 0 Å². The van der Waals surface area contributed by atoms with Gasteiger partial charge < -0.3 is 9.88 Å². The average Bonchev–Trinajstić information content (AvgIpc) is 2.65. The summed E-state index contributed by atoms with van der Waals surface area (Å²) in [5.41, 5.74) is 3.31. The number of hydrogen-bond donors (Lipinski definition) is 1. The first kappa shape index (κ1) is 13.1. The quantitative estimate of drug-likeness (QED) is 0.899. The minimum Gasteiger partial charge on any atom is -0.325 e. The van der Waals surface area contributed by atoms with Crippen LogP contribution in [0.25, 0.3) is 0 Å². The zero-order valence-corrected chi connectivity index (χ0v) is 12.7. The highest BCUT2D eigenvalue weighted by Gasteiger charge is 2.09. The third-order valence-corrected chi connectivity index (χ3v) is 3.35. The molecule has 3 nitrogen and oxygen atoms in total. The number of benzene rings is 1. The molecule has 0 unspecified atom stereocenters. The molecular weight excluding hydrogens is 290 g/mol. The number of nitrogens with zero attached hydrogens (tertiary/aromatic N) is 2. The summed E-state index contributed by atoms with van der Waals surface area (Å²) in [5, 5.41) is 3.41. The van der Waals surface area contributed by atoms with Gasteiger partial charge in [0.2, 0.25) is 5.95 Å². The molecule has 0 atom stereocenters. The molecule has 1 heterocycles. The van der Waals surface area contributed by atoms with E-state index in [4.69, 9.17) is 0 Å². The standard InChI is InChI=1S/C14H18BrN3/c1-9(2)18-8-11(4)16-14(18)17-13-7-12(15)6-5-10(13)3/h5-9H,1-4H3,(H,16,17). The maximum Gasteiger partial charge on any atom is 0.207 e. The fourth-order valence-corrected chi connectivity index (χ4v) is 2.21. The zero-order valence-electron chi connectivity index (χ0n) is 11.2. The van der Waals surface area contributed by atoms with Crippen molar-refractivity contribution in [2.45, 2.75) is 33.7 Å². The minimum absolute atomic E-state index is 0.390. The maximum atomic E-state index is 4.53. The molecule has 1 N–H and O–H groups in total. The molecule has 0 saturated heterocycles. The van der Waals surface area contributed by atoms with Crippen LogP contribution in [0.5, 0.6) is 0 Å². The largest absolute Gasteiger partial charge is 0.325 e. The van der Waals surface area contributed by atoms with Gasteiger partial charge in [-0.15, -0.1) is 0 Å². The van der Waals surface area contributed by atoms with Gasteiger partial charge >= 0.3 is 0 Å². The Bertz CT molecular complexity index is 558. The summed E-state index contributed by atoms with van der Waals surface area (Å²) in [6.07, 6.45) is 2.07. The van der Waals surface area contributed by atoms with Crippen LogP contribution in [0, 0.1) is 13.8 Å². The van der Waals surface area contributed by atoms with Gasteiger partial charge in [0.15, 0.2) is 0 Å². The van der Waals surface area contributed by atoms with E-state index in [1.54, 1.807) is 0 Å². The van der Waals surface area contributed by atoms with Crippen molar-refractivity contribution in [3.05, 3.63) is 40.1 Å². The molecule has 0 bridgehead atoms. The predicted octanol–water partition coefficient (Wildman–Crippen LogP) is 4.59. The van der Waals surface area contributed by atoms with E-state index >= 15 is 0 Å². The summed E-state index contributed by atoms with van der Waals surface area (Å²) in [5.74, 6) is 0.892. The lowest BCUT2D eigenvalue weighted by Crippen LogP contribution is -2.05. The summed E-state index contributed by atoms with van der Waals surface area (Å²) in [6, 6.07) is 6.59. The van der Waals surface area contributed by atoms with E-state index in [2.05, 4.69) is 69.9 Å². The molecule has 0 aliphatic rings. The Morgan fingerprint density at radius 1 is 1.28 bits per heavy atom. The number of imidazole rings is 1. The van der Waals surface area contributed by atoms with E-state index in [0.717, 1.165) is 21.8 Å². The highest BCUT2D eigenvalue weighted by molar-refractivity contribution is 9.10. The number of nitrogens with one attached hydrogen (secondary N) is 1. The molecule has 2 rings (SSSR count).